The minimum atomic E-state index is -0.184. The molecule has 1 amide bonds. The molecule has 4 rings (SSSR count). The van der Waals surface area contributed by atoms with E-state index < -0.39 is 0 Å². The summed E-state index contributed by atoms with van der Waals surface area (Å²) < 4.78 is 1.94. The van der Waals surface area contributed by atoms with Crippen LogP contribution in [0.25, 0.3) is 0 Å². The normalized spacial score (nSPS) is 22.0. The third kappa shape index (κ3) is 3.45. The van der Waals surface area contributed by atoms with Crippen molar-refractivity contribution in [1.82, 2.24) is 14.8 Å². The number of thioether (sulfide) groups is 1. The fourth-order valence-corrected chi connectivity index (χ4v) is 5.11. The van der Waals surface area contributed by atoms with Crippen molar-refractivity contribution in [3.63, 3.8) is 0 Å². The molecular weight excluding hydrogens is 348 g/mol. The van der Waals surface area contributed by atoms with Gasteiger partial charge in [-0.15, -0.1) is 11.8 Å². The summed E-state index contributed by atoms with van der Waals surface area (Å²) in [6.45, 7) is 0. The lowest BCUT2D eigenvalue weighted by atomic mass is 9.97. The number of hydrogen-bond donors (Lipinski definition) is 2. The second kappa shape index (κ2) is 7.70. The Morgan fingerprint density at radius 2 is 1.88 bits per heavy atom. The number of pyridine rings is 1. The first-order valence-corrected chi connectivity index (χ1v) is 10.4. The van der Waals surface area contributed by atoms with Crippen LogP contribution in [0.3, 0.4) is 0 Å². The van der Waals surface area contributed by atoms with Gasteiger partial charge in [-0.2, -0.15) is 0 Å². The van der Waals surface area contributed by atoms with Gasteiger partial charge in [0.1, 0.15) is 5.82 Å². The summed E-state index contributed by atoms with van der Waals surface area (Å²) in [6.07, 6.45) is 11.7. The molecular formula is C19H24N4O2S. The van der Waals surface area contributed by atoms with E-state index in [1.54, 1.807) is 12.4 Å². The molecule has 0 spiro atoms. The summed E-state index contributed by atoms with van der Waals surface area (Å²) >= 11 is 1.48. The molecule has 0 bridgehead atoms. The molecule has 0 radical (unpaired) electrons. The van der Waals surface area contributed by atoms with Gasteiger partial charge >= 0.3 is 0 Å². The second-order valence-corrected chi connectivity index (χ2v) is 8.19. The Balaban J connectivity index is 1.77. The van der Waals surface area contributed by atoms with Crippen LogP contribution >= 0.6 is 11.8 Å². The zero-order valence-corrected chi connectivity index (χ0v) is 15.6. The highest BCUT2D eigenvalue weighted by molar-refractivity contribution is 8.00. The lowest BCUT2D eigenvalue weighted by Crippen LogP contribution is -2.20. The standard InChI is InChI=1S/C19H24N4O2S/c24-15-12-26-17(13-7-6-10-20-11-13)16-18(21-15)23(22-19(16)25)14-8-4-2-1-3-5-9-14/h6-7,10-11,14,17H,1-5,8-9,12H2,(H,21,24)(H,22,25). The van der Waals surface area contributed by atoms with Crippen molar-refractivity contribution >= 4 is 23.5 Å². The Morgan fingerprint density at radius 1 is 1.12 bits per heavy atom. The van der Waals surface area contributed by atoms with E-state index in [-0.39, 0.29) is 22.8 Å². The molecule has 2 N–H and O–H groups in total. The van der Waals surface area contributed by atoms with Crippen LogP contribution in [-0.4, -0.2) is 26.4 Å². The summed E-state index contributed by atoms with van der Waals surface area (Å²) in [5, 5.41) is 5.85. The van der Waals surface area contributed by atoms with Crippen LogP contribution < -0.4 is 10.9 Å². The first kappa shape index (κ1) is 17.4. The molecule has 26 heavy (non-hydrogen) atoms. The van der Waals surface area contributed by atoms with E-state index in [1.807, 2.05) is 16.8 Å². The van der Waals surface area contributed by atoms with Crippen LogP contribution in [0, 0.1) is 0 Å². The number of amides is 1. The van der Waals surface area contributed by atoms with E-state index in [9.17, 15) is 9.59 Å². The topological polar surface area (TPSA) is 79.8 Å². The van der Waals surface area contributed by atoms with Crippen LogP contribution in [0.15, 0.2) is 29.3 Å². The number of aromatic nitrogens is 3. The molecule has 138 valence electrons. The molecule has 2 aromatic rings. The van der Waals surface area contributed by atoms with Crippen LogP contribution in [-0.2, 0) is 4.79 Å². The average Bonchev–Trinajstić information content (AvgIpc) is 2.82. The van der Waals surface area contributed by atoms with E-state index in [0.717, 1.165) is 31.2 Å². The molecule has 1 saturated carbocycles. The van der Waals surface area contributed by atoms with Gasteiger partial charge in [-0.25, -0.2) is 0 Å². The van der Waals surface area contributed by atoms with Crippen LogP contribution in [0.1, 0.15) is 67.4 Å². The lowest BCUT2D eigenvalue weighted by Gasteiger charge is -2.23. The maximum Gasteiger partial charge on any atom is 0.270 e. The number of carbonyl (C=O) groups excluding carboxylic acids is 1. The Bertz CT molecular complexity index is 822. The number of nitrogens with one attached hydrogen (secondary N) is 2. The SMILES string of the molecule is O=C1CSC(c2cccnc2)c2c(n(C3CCCCCCC3)[nH]c2=O)N1. The summed E-state index contributed by atoms with van der Waals surface area (Å²) in [5.74, 6) is 0.934. The van der Waals surface area contributed by atoms with Crippen molar-refractivity contribution in [3.8, 4) is 0 Å². The fourth-order valence-electron chi connectivity index (χ4n) is 4.00. The van der Waals surface area contributed by atoms with Gasteiger partial charge in [0.15, 0.2) is 0 Å². The molecule has 1 aliphatic heterocycles. The number of carbonyl (C=O) groups is 1. The predicted octanol–water partition coefficient (Wildman–Crippen LogP) is 3.63. The predicted molar refractivity (Wildman–Crippen MR) is 104 cm³/mol. The highest BCUT2D eigenvalue weighted by atomic mass is 32.2. The van der Waals surface area contributed by atoms with E-state index in [2.05, 4.69) is 15.4 Å². The number of anilines is 1. The van der Waals surface area contributed by atoms with Gasteiger partial charge in [-0.05, 0) is 24.5 Å². The second-order valence-electron chi connectivity index (χ2n) is 7.10. The molecule has 1 fully saturated rings. The minimum Gasteiger partial charge on any atom is -0.310 e. The third-order valence-electron chi connectivity index (χ3n) is 5.29. The first-order chi connectivity index (χ1) is 12.7. The van der Waals surface area contributed by atoms with E-state index >= 15 is 0 Å². The monoisotopic (exact) mass is 372 g/mol. The van der Waals surface area contributed by atoms with Gasteiger partial charge in [-0.3, -0.25) is 24.4 Å². The number of fused-ring (bicyclic) bond motifs is 1. The average molecular weight is 372 g/mol. The Morgan fingerprint density at radius 3 is 2.62 bits per heavy atom. The van der Waals surface area contributed by atoms with E-state index in [0.29, 0.717) is 17.1 Å². The van der Waals surface area contributed by atoms with Gasteiger partial charge in [0.2, 0.25) is 5.91 Å². The molecule has 1 aliphatic carbocycles. The summed E-state index contributed by atoms with van der Waals surface area (Å²) in [6, 6.07) is 4.08. The van der Waals surface area contributed by atoms with Gasteiger partial charge in [0, 0.05) is 12.4 Å². The van der Waals surface area contributed by atoms with Crippen LogP contribution in [0.5, 0.6) is 0 Å². The van der Waals surface area contributed by atoms with Crippen LogP contribution in [0.2, 0.25) is 0 Å². The van der Waals surface area contributed by atoms with Gasteiger partial charge in [0.05, 0.1) is 22.6 Å². The maximum absolute atomic E-state index is 12.9. The minimum absolute atomic E-state index is 0.0544. The van der Waals surface area contributed by atoms with Crippen molar-refractivity contribution in [2.24, 2.45) is 0 Å². The fraction of sp³-hybridized carbons (Fsp3) is 0.526. The largest absolute Gasteiger partial charge is 0.310 e. The zero-order chi connectivity index (χ0) is 17.9. The molecule has 0 saturated heterocycles. The third-order valence-corrected chi connectivity index (χ3v) is 6.56. The van der Waals surface area contributed by atoms with Crippen LogP contribution in [0.4, 0.5) is 5.82 Å². The van der Waals surface area contributed by atoms with Crippen molar-refractivity contribution in [1.29, 1.82) is 0 Å². The molecule has 2 aliphatic rings. The Hall–Kier alpha value is -2.02. The first-order valence-electron chi connectivity index (χ1n) is 9.40. The summed E-state index contributed by atoms with van der Waals surface area (Å²) in [4.78, 5) is 29.4. The lowest BCUT2D eigenvalue weighted by molar-refractivity contribution is -0.113. The van der Waals surface area contributed by atoms with Gasteiger partial charge in [0.25, 0.3) is 5.56 Å². The number of H-pyrrole nitrogens is 1. The molecule has 3 heterocycles. The van der Waals surface area contributed by atoms with Gasteiger partial charge in [-0.1, -0.05) is 38.2 Å². The van der Waals surface area contributed by atoms with E-state index in [1.165, 1.54) is 31.0 Å². The summed E-state index contributed by atoms with van der Waals surface area (Å²) in [5.41, 5.74) is 1.50. The van der Waals surface area contributed by atoms with Crippen molar-refractivity contribution < 1.29 is 4.79 Å². The molecule has 1 unspecified atom stereocenters. The molecule has 1 atom stereocenters. The quantitative estimate of drug-likeness (QED) is 0.844. The highest BCUT2D eigenvalue weighted by Crippen LogP contribution is 2.41. The number of aromatic amines is 1. The Kier molecular flexibility index (Phi) is 5.15. The zero-order valence-electron chi connectivity index (χ0n) is 14.7. The van der Waals surface area contributed by atoms with Gasteiger partial charge < -0.3 is 5.32 Å². The number of nitrogens with zero attached hydrogens (tertiary/aromatic N) is 2. The molecule has 2 aromatic heterocycles. The van der Waals surface area contributed by atoms with Crippen molar-refractivity contribution in [2.45, 2.75) is 56.2 Å². The Labute approximate surface area is 156 Å². The van der Waals surface area contributed by atoms with Crippen molar-refractivity contribution in [3.05, 3.63) is 46.0 Å². The van der Waals surface area contributed by atoms with E-state index in [4.69, 9.17) is 0 Å². The molecule has 6 nitrogen and oxygen atoms in total. The highest BCUT2D eigenvalue weighted by Gasteiger charge is 2.32. The number of hydrogen-bond acceptors (Lipinski definition) is 4. The maximum atomic E-state index is 12.9. The summed E-state index contributed by atoms with van der Waals surface area (Å²) in [7, 11) is 0. The smallest absolute Gasteiger partial charge is 0.270 e. The molecule has 7 heteroatoms. The number of rotatable bonds is 2. The van der Waals surface area contributed by atoms with Crippen molar-refractivity contribution in [2.75, 3.05) is 11.1 Å². The molecule has 0 aromatic carbocycles.